The molecule has 1 heterocycles. The van der Waals surface area contributed by atoms with Gasteiger partial charge in [0.05, 0.1) is 12.7 Å². The number of likely N-dealkylation sites (tertiary alicyclic amines) is 1. The van der Waals surface area contributed by atoms with E-state index in [1.165, 1.54) is 18.4 Å². The number of ether oxygens (including phenoxy) is 1. The third-order valence-corrected chi connectivity index (χ3v) is 4.74. The first-order chi connectivity index (χ1) is 10.0. The molecule has 1 aromatic carbocycles. The maximum atomic E-state index is 9.81. The summed E-state index contributed by atoms with van der Waals surface area (Å²) in [5, 5.41) is 9.81. The highest BCUT2D eigenvalue weighted by molar-refractivity contribution is 5.38. The summed E-state index contributed by atoms with van der Waals surface area (Å²) in [5.74, 6) is 1.70. The summed E-state index contributed by atoms with van der Waals surface area (Å²) in [4.78, 5) is 2.54. The second kappa shape index (κ2) is 7.28. The molecule has 1 N–H and O–H groups in total. The Morgan fingerprint density at radius 1 is 1.38 bits per heavy atom. The summed E-state index contributed by atoms with van der Waals surface area (Å²) in [6, 6.07) is 6.66. The van der Waals surface area contributed by atoms with Crippen LogP contribution in [0.25, 0.3) is 0 Å². The van der Waals surface area contributed by atoms with E-state index in [-0.39, 0.29) is 0 Å². The SMILES string of the molecule is CCOc1ccc(C(C)O)cc1CN1CCCC(C)C1C. The van der Waals surface area contributed by atoms with Gasteiger partial charge < -0.3 is 9.84 Å². The van der Waals surface area contributed by atoms with E-state index in [0.717, 1.165) is 30.3 Å². The summed E-state index contributed by atoms with van der Waals surface area (Å²) in [6.45, 7) is 11.2. The zero-order chi connectivity index (χ0) is 15.4. The molecule has 3 atom stereocenters. The molecule has 2 rings (SSSR count). The van der Waals surface area contributed by atoms with Crippen LogP contribution in [0.2, 0.25) is 0 Å². The summed E-state index contributed by atoms with van der Waals surface area (Å²) in [6.07, 6.45) is 2.16. The van der Waals surface area contributed by atoms with Crippen molar-refractivity contribution in [3.05, 3.63) is 29.3 Å². The van der Waals surface area contributed by atoms with Crippen LogP contribution in [0, 0.1) is 5.92 Å². The maximum Gasteiger partial charge on any atom is 0.123 e. The lowest BCUT2D eigenvalue weighted by atomic mass is 9.91. The van der Waals surface area contributed by atoms with Crippen LogP contribution in [0.5, 0.6) is 5.75 Å². The van der Waals surface area contributed by atoms with Gasteiger partial charge in [-0.25, -0.2) is 0 Å². The van der Waals surface area contributed by atoms with Crippen LogP contribution >= 0.6 is 0 Å². The van der Waals surface area contributed by atoms with E-state index in [1.54, 1.807) is 0 Å². The van der Waals surface area contributed by atoms with Crippen molar-refractivity contribution in [3.8, 4) is 5.75 Å². The van der Waals surface area contributed by atoms with E-state index in [9.17, 15) is 5.11 Å². The van der Waals surface area contributed by atoms with Crippen molar-refractivity contribution in [2.75, 3.05) is 13.2 Å². The van der Waals surface area contributed by atoms with Gasteiger partial charge in [0.2, 0.25) is 0 Å². The molecule has 1 saturated heterocycles. The van der Waals surface area contributed by atoms with Crippen molar-refractivity contribution in [1.82, 2.24) is 4.90 Å². The van der Waals surface area contributed by atoms with Crippen LogP contribution in [0.3, 0.4) is 0 Å². The molecule has 1 aromatic rings. The molecule has 3 heteroatoms. The van der Waals surface area contributed by atoms with Gasteiger partial charge in [0.25, 0.3) is 0 Å². The Hall–Kier alpha value is -1.06. The number of aliphatic hydroxyl groups is 1. The van der Waals surface area contributed by atoms with Crippen LogP contribution in [-0.2, 0) is 6.54 Å². The van der Waals surface area contributed by atoms with Gasteiger partial charge in [-0.1, -0.05) is 13.0 Å². The summed E-state index contributed by atoms with van der Waals surface area (Å²) in [7, 11) is 0. The molecule has 1 aliphatic rings. The number of piperidine rings is 1. The lowest BCUT2D eigenvalue weighted by molar-refractivity contribution is 0.105. The van der Waals surface area contributed by atoms with Crippen molar-refractivity contribution in [1.29, 1.82) is 0 Å². The van der Waals surface area contributed by atoms with E-state index >= 15 is 0 Å². The lowest BCUT2D eigenvalue weighted by Crippen LogP contribution is -2.41. The third kappa shape index (κ3) is 3.98. The molecule has 0 bridgehead atoms. The van der Waals surface area contributed by atoms with Crippen molar-refractivity contribution in [2.24, 2.45) is 5.92 Å². The Morgan fingerprint density at radius 3 is 2.81 bits per heavy atom. The Balaban J connectivity index is 2.21. The second-order valence-corrected chi connectivity index (χ2v) is 6.31. The van der Waals surface area contributed by atoms with E-state index in [2.05, 4.69) is 24.8 Å². The summed E-state index contributed by atoms with van der Waals surface area (Å²) < 4.78 is 5.77. The fourth-order valence-electron chi connectivity index (χ4n) is 3.14. The number of aliphatic hydroxyl groups excluding tert-OH is 1. The van der Waals surface area contributed by atoms with Gasteiger partial charge >= 0.3 is 0 Å². The van der Waals surface area contributed by atoms with Gasteiger partial charge in [0, 0.05) is 18.2 Å². The first-order valence-electron chi connectivity index (χ1n) is 8.20. The minimum atomic E-state index is -0.433. The molecular weight excluding hydrogens is 262 g/mol. The highest BCUT2D eigenvalue weighted by Gasteiger charge is 2.25. The van der Waals surface area contributed by atoms with Gasteiger partial charge in [0.15, 0.2) is 0 Å². The van der Waals surface area contributed by atoms with Crippen LogP contribution < -0.4 is 4.74 Å². The number of rotatable bonds is 5. The standard InChI is InChI=1S/C18H29NO2/c1-5-21-18-9-8-16(15(4)20)11-17(18)12-19-10-6-7-13(2)14(19)3/h8-9,11,13-15,20H,5-7,10,12H2,1-4H3. The molecule has 1 fully saturated rings. The molecule has 0 spiro atoms. The first-order valence-corrected chi connectivity index (χ1v) is 8.20. The molecular formula is C18H29NO2. The van der Waals surface area contributed by atoms with Gasteiger partial charge in [-0.05, 0) is 63.8 Å². The van der Waals surface area contributed by atoms with Crippen LogP contribution in [-0.4, -0.2) is 29.2 Å². The zero-order valence-corrected chi connectivity index (χ0v) is 13.8. The number of hydrogen-bond acceptors (Lipinski definition) is 3. The average molecular weight is 291 g/mol. The number of benzene rings is 1. The van der Waals surface area contributed by atoms with Gasteiger partial charge in [-0.3, -0.25) is 4.90 Å². The molecule has 0 radical (unpaired) electrons. The van der Waals surface area contributed by atoms with Crippen LogP contribution in [0.15, 0.2) is 18.2 Å². The predicted octanol–water partition coefficient (Wildman–Crippen LogP) is 3.76. The molecule has 1 aliphatic heterocycles. The second-order valence-electron chi connectivity index (χ2n) is 6.31. The molecule has 0 saturated carbocycles. The van der Waals surface area contributed by atoms with Gasteiger partial charge in [-0.15, -0.1) is 0 Å². The van der Waals surface area contributed by atoms with Crippen molar-refractivity contribution >= 4 is 0 Å². The monoisotopic (exact) mass is 291 g/mol. The van der Waals surface area contributed by atoms with Crippen LogP contribution in [0.4, 0.5) is 0 Å². The fourth-order valence-corrected chi connectivity index (χ4v) is 3.14. The fraction of sp³-hybridized carbons (Fsp3) is 0.667. The molecule has 0 aromatic heterocycles. The van der Waals surface area contributed by atoms with Crippen molar-refractivity contribution < 1.29 is 9.84 Å². The van der Waals surface area contributed by atoms with Crippen molar-refractivity contribution in [3.63, 3.8) is 0 Å². The average Bonchev–Trinajstić information content (AvgIpc) is 2.45. The first kappa shape index (κ1) is 16.3. The highest BCUT2D eigenvalue weighted by Crippen LogP contribution is 2.29. The topological polar surface area (TPSA) is 32.7 Å². The Labute approximate surface area is 128 Å². The molecule has 21 heavy (non-hydrogen) atoms. The normalized spacial score (nSPS) is 24.8. The van der Waals surface area contributed by atoms with E-state index in [0.29, 0.717) is 12.6 Å². The Kier molecular flexibility index (Phi) is 5.65. The largest absolute Gasteiger partial charge is 0.494 e. The molecule has 3 nitrogen and oxygen atoms in total. The smallest absolute Gasteiger partial charge is 0.123 e. The molecule has 118 valence electrons. The van der Waals surface area contributed by atoms with E-state index in [4.69, 9.17) is 4.74 Å². The quantitative estimate of drug-likeness (QED) is 0.896. The third-order valence-electron chi connectivity index (χ3n) is 4.74. The van der Waals surface area contributed by atoms with Crippen LogP contribution in [0.1, 0.15) is 57.8 Å². The zero-order valence-electron chi connectivity index (χ0n) is 13.8. The van der Waals surface area contributed by atoms with Gasteiger partial charge in [0.1, 0.15) is 5.75 Å². The predicted molar refractivity (Wildman–Crippen MR) is 86.5 cm³/mol. The minimum Gasteiger partial charge on any atom is -0.494 e. The van der Waals surface area contributed by atoms with Crippen molar-refractivity contribution in [2.45, 2.75) is 59.2 Å². The number of nitrogens with zero attached hydrogens (tertiary/aromatic N) is 1. The summed E-state index contributed by atoms with van der Waals surface area (Å²) in [5.41, 5.74) is 2.15. The van der Waals surface area contributed by atoms with E-state index in [1.807, 2.05) is 26.0 Å². The minimum absolute atomic E-state index is 0.433. The lowest BCUT2D eigenvalue weighted by Gasteiger charge is -2.38. The number of hydrogen-bond donors (Lipinski definition) is 1. The molecule has 0 aliphatic carbocycles. The molecule has 3 unspecified atom stereocenters. The summed E-state index contributed by atoms with van der Waals surface area (Å²) >= 11 is 0. The van der Waals surface area contributed by atoms with Gasteiger partial charge in [-0.2, -0.15) is 0 Å². The Bertz CT molecular complexity index is 459. The molecule has 0 amide bonds. The Morgan fingerprint density at radius 2 is 2.14 bits per heavy atom. The highest BCUT2D eigenvalue weighted by atomic mass is 16.5. The maximum absolute atomic E-state index is 9.81. The van der Waals surface area contributed by atoms with E-state index < -0.39 is 6.10 Å².